The molecule has 1 aromatic carbocycles. The third-order valence-electron chi connectivity index (χ3n) is 3.31. The first kappa shape index (κ1) is 17.5. The van der Waals surface area contributed by atoms with E-state index in [0.717, 1.165) is 38.1 Å². The van der Waals surface area contributed by atoms with Crippen LogP contribution in [0, 0.1) is 6.92 Å². The van der Waals surface area contributed by atoms with Crippen molar-refractivity contribution < 1.29 is 14.6 Å². The lowest BCUT2D eigenvalue weighted by Crippen LogP contribution is -2.28. The molecule has 0 unspecified atom stereocenters. The Labute approximate surface area is 127 Å². The van der Waals surface area contributed by atoms with E-state index < -0.39 is 5.97 Å². The predicted octanol–water partition coefficient (Wildman–Crippen LogP) is 3.34. The van der Waals surface area contributed by atoms with E-state index in [2.05, 4.69) is 24.8 Å². The van der Waals surface area contributed by atoms with Gasteiger partial charge in [-0.2, -0.15) is 0 Å². The van der Waals surface area contributed by atoms with E-state index in [-0.39, 0.29) is 6.42 Å². The fraction of sp³-hybridized carbons (Fsp3) is 0.588. The highest BCUT2D eigenvalue weighted by atomic mass is 16.5. The van der Waals surface area contributed by atoms with Crippen molar-refractivity contribution in [3.63, 3.8) is 0 Å². The molecule has 21 heavy (non-hydrogen) atoms. The number of ether oxygens (including phenoxy) is 1. The van der Waals surface area contributed by atoms with E-state index in [4.69, 9.17) is 9.84 Å². The number of carboxylic acids is 1. The molecule has 0 aliphatic carbocycles. The van der Waals surface area contributed by atoms with Crippen molar-refractivity contribution in [1.82, 2.24) is 4.90 Å². The number of benzene rings is 1. The second kappa shape index (κ2) is 10.2. The van der Waals surface area contributed by atoms with Gasteiger partial charge in [-0.15, -0.1) is 0 Å². The molecule has 4 heteroatoms. The maximum Gasteiger partial charge on any atom is 0.304 e. The number of hydrogen-bond acceptors (Lipinski definition) is 3. The number of hydrogen-bond donors (Lipinski definition) is 1. The molecule has 0 heterocycles. The monoisotopic (exact) mass is 293 g/mol. The fourth-order valence-corrected chi connectivity index (χ4v) is 2.24. The van der Waals surface area contributed by atoms with Crippen LogP contribution in [0.25, 0.3) is 0 Å². The van der Waals surface area contributed by atoms with Crippen molar-refractivity contribution in [2.45, 2.75) is 39.5 Å². The SMILES string of the molecule is CCCN(CCCCOc1cccc(C)c1)CCC(=O)O. The molecule has 1 rings (SSSR count). The summed E-state index contributed by atoms with van der Waals surface area (Å²) < 4.78 is 5.71. The number of carbonyl (C=O) groups is 1. The average Bonchev–Trinajstić information content (AvgIpc) is 2.44. The van der Waals surface area contributed by atoms with Gasteiger partial charge in [0, 0.05) is 6.54 Å². The smallest absolute Gasteiger partial charge is 0.304 e. The summed E-state index contributed by atoms with van der Waals surface area (Å²) >= 11 is 0. The molecule has 0 bridgehead atoms. The lowest BCUT2D eigenvalue weighted by molar-refractivity contribution is -0.137. The standard InChI is InChI=1S/C17H27NO3/c1-3-10-18(12-9-17(19)20)11-4-5-13-21-16-8-6-7-15(2)14-16/h6-8,14H,3-5,9-13H2,1-2H3,(H,19,20). The van der Waals surface area contributed by atoms with Gasteiger partial charge in [-0.1, -0.05) is 19.1 Å². The zero-order valence-electron chi connectivity index (χ0n) is 13.2. The van der Waals surface area contributed by atoms with E-state index >= 15 is 0 Å². The second-order valence-electron chi connectivity index (χ2n) is 5.36. The van der Waals surface area contributed by atoms with Crippen LogP contribution in [-0.2, 0) is 4.79 Å². The maximum atomic E-state index is 10.6. The summed E-state index contributed by atoms with van der Waals surface area (Å²) in [7, 11) is 0. The second-order valence-corrected chi connectivity index (χ2v) is 5.36. The Bertz CT molecular complexity index is 420. The Morgan fingerprint density at radius 2 is 2.05 bits per heavy atom. The summed E-state index contributed by atoms with van der Waals surface area (Å²) in [6.07, 6.45) is 3.30. The molecular weight excluding hydrogens is 266 g/mol. The van der Waals surface area contributed by atoms with Gasteiger partial charge in [0.2, 0.25) is 0 Å². The van der Waals surface area contributed by atoms with Gasteiger partial charge in [-0.25, -0.2) is 0 Å². The number of carboxylic acid groups (broad SMARTS) is 1. The number of aryl methyl sites for hydroxylation is 1. The topological polar surface area (TPSA) is 49.8 Å². The van der Waals surface area contributed by atoms with Gasteiger partial charge in [0.05, 0.1) is 13.0 Å². The number of unbranched alkanes of at least 4 members (excludes halogenated alkanes) is 1. The van der Waals surface area contributed by atoms with Crippen LogP contribution in [0.2, 0.25) is 0 Å². The molecule has 0 fully saturated rings. The highest BCUT2D eigenvalue weighted by Gasteiger charge is 2.06. The summed E-state index contributed by atoms with van der Waals surface area (Å²) in [5, 5.41) is 8.74. The molecule has 118 valence electrons. The van der Waals surface area contributed by atoms with Gasteiger partial charge < -0.3 is 14.7 Å². The van der Waals surface area contributed by atoms with E-state index in [9.17, 15) is 4.79 Å². The molecule has 0 amide bonds. The van der Waals surface area contributed by atoms with E-state index in [1.165, 1.54) is 5.56 Å². The first-order valence-corrected chi connectivity index (χ1v) is 7.75. The van der Waals surface area contributed by atoms with Gasteiger partial charge in [-0.05, 0) is 57.0 Å². The number of nitrogens with zero attached hydrogens (tertiary/aromatic N) is 1. The predicted molar refractivity (Wildman–Crippen MR) is 84.9 cm³/mol. The molecule has 1 aromatic rings. The van der Waals surface area contributed by atoms with Gasteiger partial charge in [0.1, 0.15) is 5.75 Å². The van der Waals surface area contributed by atoms with Gasteiger partial charge >= 0.3 is 5.97 Å². The molecule has 0 aliphatic rings. The first-order valence-electron chi connectivity index (χ1n) is 7.75. The van der Waals surface area contributed by atoms with Crippen LogP contribution in [-0.4, -0.2) is 42.2 Å². The van der Waals surface area contributed by atoms with E-state index in [1.807, 2.05) is 18.2 Å². The maximum absolute atomic E-state index is 10.6. The lowest BCUT2D eigenvalue weighted by Gasteiger charge is -2.20. The molecule has 0 radical (unpaired) electrons. The Balaban J connectivity index is 2.17. The van der Waals surface area contributed by atoms with Crippen molar-refractivity contribution in [3.05, 3.63) is 29.8 Å². The largest absolute Gasteiger partial charge is 0.494 e. The molecule has 1 N–H and O–H groups in total. The highest BCUT2D eigenvalue weighted by molar-refractivity contribution is 5.66. The normalized spacial score (nSPS) is 10.8. The Morgan fingerprint density at radius 3 is 2.71 bits per heavy atom. The van der Waals surface area contributed by atoms with Crippen molar-refractivity contribution in [1.29, 1.82) is 0 Å². The van der Waals surface area contributed by atoms with Crippen LogP contribution >= 0.6 is 0 Å². The first-order chi connectivity index (χ1) is 10.1. The quantitative estimate of drug-likeness (QED) is 0.636. The molecule has 0 atom stereocenters. The van der Waals surface area contributed by atoms with Crippen molar-refractivity contribution in [2.75, 3.05) is 26.2 Å². The molecule has 0 saturated heterocycles. The molecular formula is C17H27NO3. The Kier molecular flexibility index (Phi) is 8.51. The molecule has 0 saturated carbocycles. The van der Waals surface area contributed by atoms with Crippen LogP contribution in [0.1, 0.15) is 38.2 Å². The zero-order valence-corrected chi connectivity index (χ0v) is 13.2. The van der Waals surface area contributed by atoms with Crippen LogP contribution in [0.4, 0.5) is 0 Å². The van der Waals surface area contributed by atoms with Crippen LogP contribution < -0.4 is 4.74 Å². The molecule has 0 aliphatic heterocycles. The summed E-state index contributed by atoms with van der Waals surface area (Å²) in [5.41, 5.74) is 1.20. The third kappa shape index (κ3) is 8.35. The summed E-state index contributed by atoms with van der Waals surface area (Å²) in [6.45, 7) is 7.43. The van der Waals surface area contributed by atoms with Gasteiger partial charge in [0.15, 0.2) is 0 Å². The third-order valence-corrected chi connectivity index (χ3v) is 3.31. The number of rotatable bonds is 11. The summed E-state index contributed by atoms with van der Waals surface area (Å²) in [6, 6.07) is 8.07. The van der Waals surface area contributed by atoms with E-state index in [1.54, 1.807) is 0 Å². The van der Waals surface area contributed by atoms with Crippen molar-refractivity contribution in [2.24, 2.45) is 0 Å². The minimum Gasteiger partial charge on any atom is -0.494 e. The summed E-state index contributed by atoms with van der Waals surface area (Å²) in [4.78, 5) is 12.8. The minimum absolute atomic E-state index is 0.222. The van der Waals surface area contributed by atoms with Crippen LogP contribution in [0.5, 0.6) is 5.75 Å². The van der Waals surface area contributed by atoms with E-state index in [0.29, 0.717) is 13.2 Å². The van der Waals surface area contributed by atoms with Crippen LogP contribution in [0.15, 0.2) is 24.3 Å². The minimum atomic E-state index is -0.723. The molecule has 0 aromatic heterocycles. The number of aliphatic carboxylic acids is 1. The Morgan fingerprint density at radius 1 is 1.24 bits per heavy atom. The van der Waals surface area contributed by atoms with Gasteiger partial charge in [0.25, 0.3) is 0 Å². The highest BCUT2D eigenvalue weighted by Crippen LogP contribution is 2.12. The summed E-state index contributed by atoms with van der Waals surface area (Å²) in [5.74, 6) is 0.199. The van der Waals surface area contributed by atoms with Crippen molar-refractivity contribution in [3.8, 4) is 5.75 Å². The zero-order chi connectivity index (χ0) is 15.5. The molecule has 4 nitrogen and oxygen atoms in total. The molecule has 0 spiro atoms. The van der Waals surface area contributed by atoms with Crippen molar-refractivity contribution >= 4 is 5.97 Å². The fourth-order valence-electron chi connectivity index (χ4n) is 2.24. The van der Waals surface area contributed by atoms with Gasteiger partial charge in [-0.3, -0.25) is 4.79 Å². The lowest BCUT2D eigenvalue weighted by atomic mass is 10.2. The van der Waals surface area contributed by atoms with Crippen LogP contribution in [0.3, 0.4) is 0 Å². The average molecular weight is 293 g/mol. The Hall–Kier alpha value is -1.55.